The molecule has 0 radical (unpaired) electrons. The maximum atomic E-state index is 11.4. The van der Waals surface area contributed by atoms with Crippen LogP contribution in [0.15, 0.2) is 0 Å². The second kappa shape index (κ2) is 5.18. The Labute approximate surface area is 94.9 Å². The van der Waals surface area contributed by atoms with Gasteiger partial charge in [-0.25, -0.2) is 0 Å². The summed E-state index contributed by atoms with van der Waals surface area (Å²) in [6.07, 6.45) is 0.626. The molecule has 0 saturated carbocycles. The zero-order valence-corrected chi connectivity index (χ0v) is 10.3. The molecule has 2 unspecified atom stereocenters. The summed E-state index contributed by atoms with van der Waals surface area (Å²) in [6.45, 7) is 5.42. The van der Waals surface area contributed by atoms with Crippen molar-refractivity contribution in [3.63, 3.8) is 0 Å². The topological polar surface area (TPSA) is 61.5 Å². The second-order valence-corrected chi connectivity index (χ2v) is 5.96. The molecular weight excluding hydrogens is 214 g/mol. The predicted octanol–water partition coefficient (Wildman–Crippen LogP) is 0.787. The lowest BCUT2D eigenvalue weighted by atomic mass is 9.98. The van der Waals surface area contributed by atoms with E-state index in [9.17, 15) is 4.79 Å². The first kappa shape index (κ1) is 12.8. The molecule has 15 heavy (non-hydrogen) atoms. The molecule has 1 saturated heterocycles. The Bertz CT molecular complexity index is 229. The fraction of sp³-hybridized carbons (Fsp3) is 0.900. The smallest absolute Gasteiger partial charge is 0.325 e. The lowest BCUT2D eigenvalue weighted by molar-refractivity contribution is -0.146. The molecule has 5 heteroatoms. The molecule has 0 aromatic rings. The Morgan fingerprint density at radius 3 is 2.73 bits per heavy atom. The van der Waals surface area contributed by atoms with E-state index in [1.165, 1.54) is 7.11 Å². The van der Waals surface area contributed by atoms with Crippen molar-refractivity contribution >= 4 is 17.7 Å². The predicted molar refractivity (Wildman–Crippen MR) is 60.9 cm³/mol. The van der Waals surface area contributed by atoms with E-state index >= 15 is 0 Å². The van der Waals surface area contributed by atoms with E-state index in [-0.39, 0.29) is 5.97 Å². The molecule has 0 bridgehead atoms. The molecule has 0 amide bonds. The molecule has 2 N–H and O–H groups in total. The van der Waals surface area contributed by atoms with Crippen LogP contribution >= 0.6 is 11.8 Å². The first-order valence-corrected chi connectivity index (χ1v) is 6.00. The minimum Gasteiger partial charge on any atom is -0.468 e. The Hall–Kier alpha value is -0.260. The largest absolute Gasteiger partial charge is 0.468 e. The van der Waals surface area contributed by atoms with Crippen LogP contribution in [-0.4, -0.2) is 42.3 Å². The van der Waals surface area contributed by atoms with Crippen LogP contribution in [0.1, 0.15) is 20.3 Å². The summed E-state index contributed by atoms with van der Waals surface area (Å²) >= 11 is 1.83. The number of hydrogen-bond acceptors (Lipinski definition) is 5. The van der Waals surface area contributed by atoms with Gasteiger partial charge in [0.05, 0.1) is 25.6 Å². The number of nitrogens with two attached hydrogens (primary N) is 1. The molecule has 1 aliphatic heterocycles. The van der Waals surface area contributed by atoms with E-state index in [1.54, 1.807) is 6.92 Å². The van der Waals surface area contributed by atoms with Gasteiger partial charge in [-0.15, -0.1) is 0 Å². The molecule has 0 aromatic heterocycles. The molecule has 4 nitrogen and oxygen atoms in total. The van der Waals surface area contributed by atoms with Crippen molar-refractivity contribution in [2.24, 2.45) is 5.73 Å². The molecule has 2 atom stereocenters. The highest BCUT2D eigenvalue weighted by Crippen LogP contribution is 2.28. The van der Waals surface area contributed by atoms with E-state index in [2.05, 4.69) is 11.7 Å². The third-order valence-corrected chi connectivity index (χ3v) is 3.68. The van der Waals surface area contributed by atoms with Crippen LogP contribution in [0, 0.1) is 0 Å². The molecule has 0 aliphatic carbocycles. The molecule has 1 rings (SSSR count). The van der Waals surface area contributed by atoms with Gasteiger partial charge in [-0.1, -0.05) is 6.92 Å². The van der Waals surface area contributed by atoms with Gasteiger partial charge >= 0.3 is 5.97 Å². The molecular formula is C10H19NO3S. The third-order valence-electron chi connectivity index (χ3n) is 2.40. The molecule has 88 valence electrons. The summed E-state index contributed by atoms with van der Waals surface area (Å²) in [6, 6.07) is 0. The number of esters is 1. The number of rotatable bonds is 5. The standard InChI is InChI=1S/C10H19NO3S/c1-7(15-8-5-14-6-8)4-10(2,11)9(12)13-3/h7-8H,4-6,11H2,1-3H3. The van der Waals surface area contributed by atoms with E-state index in [0.29, 0.717) is 16.9 Å². The molecule has 0 spiro atoms. The summed E-state index contributed by atoms with van der Waals surface area (Å²) in [4.78, 5) is 11.4. The number of carbonyl (C=O) groups excluding carboxylic acids is 1. The van der Waals surface area contributed by atoms with Crippen LogP contribution < -0.4 is 5.73 Å². The Balaban J connectivity index is 2.34. The normalized spacial score (nSPS) is 22.7. The van der Waals surface area contributed by atoms with Crippen molar-refractivity contribution < 1.29 is 14.3 Å². The second-order valence-electron chi connectivity index (χ2n) is 4.22. The quantitative estimate of drug-likeness (QED) is 0.711. The molecule has 1 heterocycles. The fourth-order valence-corrected chi connectivity index (χ4v) is 3.03. The van der Waals surface area contributed by atoms with Crippen molar-refractivity contribution in [3.05, 3.63) is 0 Å². The van der Waals surface area contributed by atoms with Gasteiger partial charge in [-0.3, -0.25) is 4.79 Å². The Morgan fingerprint density at radius 1 is 1.73 bits per heavy atom. The van der Waals surface area contributed by atoms with E-state index < -0.39 is 5.54 Å². The zero-order chi connectivity index (χ0) is 11.5. The van der Waals surface area contributed by atoms with Crippen LogP contribution in [0.3, 0.4) is 0 Å². The van der Waals surface area contributed by atoms with Crippen LogP contribution in [-0.2, 0) is 14.3 Å². The minimum atomic E-state index is -0.883. The monoisotopic (exact) mass is 233 g/mol. The van der Waals surface area contributed by atoms with Gasteiger partial charge in [0.25, 0.3) is 0 Å². The van der Waals surface area contributed by atoms with Gasteiger partial charge in [0.15, 0.2) is 0 Å². The summed E-state index contributed by atoms with van der Waals surface area (Å²) in [7, 11) is 1.37. The molecule has 1 fully saturated rings. The zero-order valence-electron chi connectivity index (χ0n) is 9.49. The van der Waals surface area contributed by atoms with E-state index in [4.69, 9.17) is 10.5 Å². The summed E-state index contributed by atoms with van der Waals surface area (Å²) in [5.41, 5.74) is 5.00. The lowest BCUT2D eigenvalue weighted by Crippen LogP contribution is -2.48. The van der Waals surface area contributed by atoms with Crippen LogP contribution in [0.2, 0.25) is 0 Å². The van der Waals surface area contributed by atoms with Gasteiger partial charge in [0.1, 0.15) is 5.54 Å². The van der Waals surface area contributed by atoms with Crippen molar-refractivity contribution in [2.75, 3.05) is 20.3 Å². The Kier molecular flexibility index (Phi) is 4.43. The number of carbonyl (C=O) groups is 1. The van der Waals surface area contributed by atoms with Gasteiger partial charge in [-0.05, 0) is 13.3 Å². The van der Waals surface area contributed by atoms with Gasteiger partial charge in [0, 0.05) is 5.25 Å². The van der Waals surface area contributed by atoms with Crippen molar-refractivity contribution in [1.82, 2.24) is 0 Å². The molecule has 0 aromatic carbocycles. The summed E-state index contributed by atoms with van der Waals surface area (Å²) in [5, 5.41) is 0.904. The highest BCUT2D eigenvalue weighted by molar-refractivity contribution is 8.00. The highest BCUT2D eigenvalue weighted by Gasteiger charge is 2.33. The lowest BCUT2D eigenvalue weighted by Gasteiger charge is -2.31. The summed E-state index contributed by atoms with van der Waals surface area (Å²) in [5.74, 6) is -0.347. The molecule has 1 aliphatic rings. The first-order valence-electron chi connectivity index (χ1n) is 5.06. The number of thioether (sulfide) groups is 1. The van der Waals surface area contributed by atoms with Crippen molar-refractivity contribution in [1.29, 1.82) is 0 Å². The number of methoxy groups -OCH3 is 1. The van der Waals surface area contributed by atoms with Crippen LogP contribution in [0.4, 0.5) is 0 Å². The number of hydrogen-bond donors (Lipinski definition) is 1. The van der Waals surface area contributed by atoms with Gasteiger partial charge in [0.2, 0.25) is 0 Å². The SMILES string of the molecule is COC(=O)C(C)(N)CC(C)SC1COC1. The number of ether oxygens (including phenoxy) is 2. The fourth-order valence-electron chi connectivity index (χ4n) is 1.58. The summed E-state index contributed by atoms with van der Waals surface area (Å²) < 4.78 is 9.75. The first-order chi connectivity index (χ1) is 6.95. The Morgan fingerprint density at radius 2 is 2.33 bits per heavy atom. The van der Waals surface area contributed by atoms with Gasteiger partial charge < -0.3 is 15.2 Å². The van der Waals surface area contributed by atoms with Gasteiger partial charge in [-0.2, -0.15) is 11.8 Å². The van der Waals surface area contributed by atoms with Crippen molar-refractivity contribution in [3.8, 4) is 0 Å². The van der Waals surface area contributed by atoms with Crippen LogP contribution in [0.5, 0.6) is 0 Å². The average Bonchev–Trinajstić information content (AvgIpc) is 2.09. The van der Waals surface area contributed by atoms with E-state index in [1.807, 2.05) is 11.8 Å². The third kappa shape index (κ3) is 3.66. The maximum Gasteiger partial charge on any atom is 0.325 e. The van der Waals surface area contributed by atoms with E-state index in [0.717, 1.165) is 13.2 Å². The minimum absolute atomic E-state index is 0.341. The average molecular weight is 233 g/mol. The van der Waals surface area contributed by atoms with Crippen molar-refractivity contribution in [2.45, 2.75) is 36.3 Å². The maximum absolute atomic E-state index is 11.4. The highest BCUT2D eigenvalue weighted by atomic mass is 32.2. The van der Waals surface area contributed by atoms with Crippen LogP contribution in [0.25, 0.3) is 0 Å².